The van der Waals surface area contributed by atoms with Crippen LogP contribution in [0.25, 0.3) is 10.9 Å². The van der Waals surface area contributed by atoms with Crippen LogP contribution in [0.2, 0.25) is 0 Å². The normalized spacial score (nSPS) is 17.9. The first-order valence-corrected chi connectivity index (χ1v) is 7.71. The molecule has 1 unspecified atom stereocenters. The van der Waals surface area contributed by atoms with Crippen molar-refractivity contribution < 1.29 is 18.3 Å². The van der Waals surface area contributed by atoms with E-state index in [1.807, 2.05) is 0 Å². The van der Waals surface area contributed by atoms with Gasteiger partial charge >= 0.3 is 6.09 Å². The van der Waals surface area contributed by atoms with Gasteiger partial charge in [-0.15, -0.1) is 0 Å². The van der Waals surface area contributed by atoms with Crippen molar-refractivity contribution >= 4 is 17.0 Å². The van der Waals surface area contributed by atoms with Gasteiger partial charge in [0.2, 0.25) is 0 Å². The number of nitrogens with one attached hydrogen (secondary N) is 2. The molecule has 1 aromatic carbocycles. The Labute approximate surface area is 133 Å². The van der Waals surface area contributed by atoms with Crippen LogP contribution in [-0.2, 0) is 17.6 Å². The van der Waals surface area contributed by atoms with Crippen molar-refractivity contribution in [2.45, 2.75) is 51.7 Å². The van der Waals surface area contributed by atoms with Crippen LogP contribution in [0, 0.1) is 11.6 Å². The minimum Gasteiger partial charge on any atom is -0.444 e. The van der Waals surface area contributed by atoms with Crippen LogP contribution in [0.5, 0.6) is 0 Å². The number of halogens is 2. The smallest absolute Gasteiger partial charge is 0.407 e. The van der Waals surface area contributed by atoms with E-state index in [0.29, 0.717) is 23.7 Å². The van der Waals surface area contributed by atoms with Crippen LogP contribution >= 0.6 is 0 Å². The lowest BCUT2D eigenvalue weighted by Crippen LogP contribution is -2.41. The molecule has 1 amide bonds. The van der Waals surface area contributed by atoms with E-state index < -0.39 is 23.3 Å². The van der Waals surface area contributed by atoms with Gasteiger partial charge in [-0.05, 0) is 51.7 Å². The average molecular weight is 322 g/mol. The zero-order chi connectivity index (χ0) is 16.8. The van der Waals surface area contributed by atoms with E-state index >= 15 is 0 Å². The van der Waals surface area contributed by atoms with Gasteiger partial charge in [-0.2, -0.15) is 0 Å². The molecule has 0 saturated carbocycles. The third kappa shape index (κ3) is 3.30. The van der Waals surface area contributed by atoms with Crippen LogP contribution < -0.4 is 5.32 Å². The molecular formula is C17H20F2N2O2. The molecule has 0 fully saturated rings. The summed E-state index contributed by atoms with van der Waals surface area (Å²) in [6.07, 6.45) is 1.45. The summed E-state index contributed by atoms with van der Waals surface area (Å²) >= 11 is 0. The van der Waals surface area contributed by atoms with Crippen LogP contribution in [0.1, 0.15) is 38.4 Å². The number of hydrogen-bond acceptors (Lipinski definition) is 2. The van der Waals surface area contributed by atoms with Crippen LogP contribution in [-0.4, -0.2) is 22.7 Å². The molecule has 0 aliphatic heterocycles. The highest BCUT2D eigenvalue weighted by Crippen LogP contribution is 2.31. The van der Waals surface area contributed by atoms with Crippen molar-refractivity contribution in [3.63, 3.8) is 0 Å². The molecule has 0 spiro atoms. The largest absolute Gasteiger partial charge is 0.444 e. The molecule has 1 heterocycles. The second kappa shape index (κ2) is 5.51. The van der Waals surface area contributed by atoms with Gasteiger partial charge in [-0.1, -0.05) is 0 Å². The number of carbonyl (C=O) groups excluding carboxylic acids is 1. The molecule has 23 heavy (non-hydrogen) atoms. The Bertz CT molecular complexity index is 762. The standard InChI is InChI=1S/C17H20F2N2O2/c1-17(2,3)23-16(22)20-10-4-5-14-11(8-10)12-6-9(18)7-13(19)15(12)21-14/h6-7,10,21H,4-5,8H2,1-3H3,(H,20,22). The summed E-state index contributed by atoms with van der Waals surface area (Å²) in [4.78, 5) is 14.9. The van der Waals surface area contributed by atoms with Gasteiger partial charge in [0.25, 0.3) is 0 Å². The van der Waals surface area contributed by atoms with E-state index in [0.717, 1.165) is 23.7 Å². The van der Waals surface area contributed by atoms with Crippen molar-refractivity contribution in [3.05, 3.63) is 35.0 Å². The fraction of sp³-hybridized carbons (Fsp3) is 0.471. The van der Waals surface area contributed by atoms with Gasteiger partial charge in [0.1, 0.15) is 17.2 Å². The Morgan fingerprint density at radius 2 is 2.09 bits per heavy atom. The molecule has 0 bridgehead atoms. The number of aromatic amines is 1. The minimum atomic E-state index is -0.598. The number of rotatable bonds is 1. The highest BCUT2D eigenvalue weighted by molar-refractivity contribution is 5.85. The van der Waals surface area contributed by atoms with E-state index in [-0.39, 0.29) is 6.04 Å². The summed E-state index contributed by atoms with van der Waals surface area (Å²) in [7, 11) is 0. The maximum absolute atomic E-state index is 13.9. The second-order valence-electron chi connectivity index (χ2n) is 6.98. The number of fused-ring (bicyclic) bond motifs is 3. The monoisotopic (exact) mass is 322 g/mol. The molecule has 3 rings (SSSR count). The maximum atomic E-state index is 13.9. The van der Waals surface area contributed by atoms with E-state index in [9.17, 15) is 13.6 Å². The predicted octanol–water partition coefficient (Wildman–Crippen LogP) is 3.83. The van der Waals surface area contributed by atoms with E-state index in [2.05, 4.69) is 10.3 Å². The fourth-order valence-electron chi connectivity index (χ4n) is 3.04. The number of aromatic nitrogens is 1. The van der Waals surface area contributed by atoms with Crippen molar-refractivity contribution in [3.8, 4) is 0 Å². The molecule has 1 aromatic heterocycles. The summed E-state index contributed by atoms with van der Waals surface area (Å²) in [5.41, 5.74) is 1.54. The highest BCUT2D eigenvalue weighted by atomic mass is 19.1. The molecule has 1 atom stereocenters. The number of hydrogen-bond donors (Lipinski definition) is 2. The first kappa shape index (κ1) is 15.8. The summed E-state index contributed by atoms with van der Waals surface area (Å²) in [5, 5.41) is 3.39. The number of amides is 1. The molecule has 1 aliphatic rings. The number of carbonyl (C=O) groups is 1. The lowest BCUT2D eigenvalue weighted by atomic mass is 9.91. The van der Waals surface area contributed by atoms with Crippen molar-refractivity contribution in [1.29, 1.82) is 0 Å². The van der Waals surface area contributed by atoms with Crippen molar-refractivity contribution in [1.82, 2.24) is 10.3 Å². The zero-order valence-corrected chi connectivity index (χ0v) is 13.4. The van der Waals surface area contributed by atoms with Crippen molar-refractivity contribution in [2.75, 3.05) is 0 Å². The Balaban J connectivity index is 1.82. The fourth-order valence-corrected chi connectivity index (χ4v) is 3.04. The topological polar surface area (TPSA) is 54.1 Å². The Kier molecular flexibility index (Phi) is 3.78. The van der Waals surface area contributed by atoms with Gasteiger partial charge in [0.05, 0.1) is 5.52 Å². The van der Waals surface area contributed by atoms with Gasteiger partial charge in [-0.3, -0.25) is 0 Å². The maximum Gasteiger partial charge on any atom is 0.407 e. The summed E-state index contributed by atoms with van der Waals surface area (Å²) < 4.78 is 32.6. The number of benzene rings is 1. The molecule has 1 aliphatic carbocycles. The lowest BCUT2D eigenvalue weighted by molar-refractivity contribution is 0.0500. The highest BCUT2D eigenvalue weighted by Gasteiger charge is 2.26. The summed E-state index contributed by atoms with van der Waals surface area (Å²) in [5.74, 6) is -1.19. The van der Waals surface area contributed by atoms with Gasteiger partial charge in [-0.25, -0.2) is 13.6 Å². The molecule has 124 valence electrons. The molecule has 2 N–H and O–H groups in total. The Hall–Kier alpha value is -2.11. The first-order valence-electron chi connectivity index (χ1n) is 7.71. The Morgan fingerprint density at radius 1 is 1.35 bits per heavy atom. The van der Waals surface area contributed by atoms with Crippen LogP contribution in [0.4, 0.5) is 13.6 Å². The molecule has 0 radical (unpaired) electrons. The zero-order valence-electron chi connectivity index (χ0n) is 13.4. The Morgan fingerprint density at radius 3 is 2.78 bits per heavy atom. The molecule has 0 saturated heterocycles. The molecular weight excluding hydrogens is 302 g/mol. The number of aryl methyl sites for hydroxylation is 1. The first-order chi connectivity index (χ1) is 10.7. The third-order valence-corrected chi connectivity index (χ3v) is 3.93. The number of ether oxygens (including phenoxy) is 1. The summed E-state index contributed by atoms with van der Waals surface area (Å²) in [6.45, 7) is 5.41. The van der Waals surface area contributed by atoms with E-state index in [1.165, 1.54) is 6.07 Å². The predicted molar refractivity (Wildman–Crippen MR) is 83.4 cm³/mol. The minimum absolute atomic E-state index is 0.109. The lowest BCUT2D eigenvalue weighted by Gasteiger charge is -2.26. The summed E-state index contributed by atoms with van der Waals surface area (Å²) in [6, 6.07) is 2.10. The van der Waals surface area contributed by atoms with E-state index in [1.54, 1.807) is 20.8 Å². The average Bonchev–Trinajstić information content (AvgIpc) is 2.75. The van der Waals surface area contributed by atoms with E-state index in [4.69, 9.17) is 4.74 Å². The molecule has 2 aromatic rings. The van der Waals surface area contributed by atoms with Crippen LogP contribution in [0.15, 0.2) is 12.1 Å². The van der Waals surface area contributed by atoms with Crippen molar-refractivity contribution in [2.24, 2.45) is 0 Å². The molecule has 6 heteroatoms. The van der Waals surface area contributed by atoms with Gasteiger partial charge in [0.15, 0.2) is 0 Å². The second-order valence-corrected chi connectivity index (χ2v) is 6.98. The number of H-pyrrole nitrogens is 1. The SMILES string of the molecule is CC(C)(C)OC(=O)NC1CCc2[nH]c3c(F)cc(F)cc3c2C1. The van der Waals surface area contributed by atoms with Gasteiger partial charge in [0, 0.05) is 23.2 Å². The molecule has 4 nitrogen and oxygen atoms in total. The quantitative estimate of drug-likeness (QED) is 0.838. The third-order valence-electron chi connectivity index (χ3n) is 3.93. The number of alkyl carbamates (subject to hydrolysis) is 1. The van der Waals surface area contributed by atoms with Crippen LogP contribution in [0.3, 0.4) is 0 Å². The van der Waals surface area contributed by atoms with Gasteiger partial charge < -0.3 is 15.0 Å².